The van der Waals surface area contributed by atoms with Crippen LogP contribution < -0.4 is 25.3 Å². The smallest absolute Gasteiger partial charge is 0.227 e. The molecule has 0 amide bonds. The molecule has 2 aliphatic carbocycles. The lowest BCUT2D eigenvalue weighted by Crippen LogP contribution is -2.28. The van der Waals surface area contributed by atoms with Gasteiger partial charge in [-0.05, 0) is 175 Å². The van der Waals surface area contributed by atoms with Crippen molar-refractivity contribution >= 4 is 140 Å². The number of hydrogen-bond acceptors (Lipinski definition) is 22. The van der Waals surface area contributed by atoms with Crippen LogP contribution in [-0.2, 0) is 46.8 Å². The SMILES string of the molecule is C=Cc1cnc(Cl)nc1.COc1nc(CS(=O)(=O)c2ccccc2Cl)ccc1/C=C/c1cnc(Cl)nc1.COc1nc(CS(=O)(=O)c2ccccc2Cl)ccc1/C=C/c1cnc(NC2CCC(O)CC2)nc1.COc1nc(CS(=O)(=O)c2ccccc2Cl)ccc1Br.NC1CCC(O)CC1. The van der Waals surface area contributed by atoms with Gasteiger partial charge in [0.15, 0.2) is 29.5 Å². The molecule has 11 rings (SSSR count). The number of benzene rings is 3. The number of aliphatic hydroxyl groups is 2. The fourth-order valence-electron chi connectivity index (χ4n) is 9.52. The summed E-state index contributed by atoms with van der Waals surface area (Å²) in [5.41, 5.74) is 10.5. The van der Waals surface area contributed by atoms with E-state index in [4.69, 9.17) is 83.1 Å². The van der Waals surface area contributed by atoms with E-state index in [1.165, 1.54) is 45.6 Å². The molecule has 6 aromatic heterocycles. The zero-order chi connectivity index (χ0) is 72.4. The summed E-state index contributed by atoms with van der Waals surface area (Å²) < 4.78 is 91.9. The van der Waals surface area contributed by atoms with Crippen LogP contribution in [0.1, 0.15) is 96.3 Å². The molecule has 0 radical (unpaired) electrons. The number of halogens is 6. The van der Waals surface area contributed by atoms with Gasteiger partial charge in [-0.3, -0.25) is 0 Å². The van der Waals surface area contributed by atoms with E-state index in [0.29, 0.717) is 62.3 Å². The van der Waals surface area contributed by atoms with Gasteiger partial charge in [-0.1, -0.05) is 96.0 Å². The lowest BCUT2D eigenvalue weighted by Gasteiger charge is -2.26. The first-order valence-electron chi connectivity index (χ1n) is 30.6. The second-order valence-electron chi connectivity index (χ2n) is 22.2. The summed E-state index contributed by atoms with van der Waals surface area (Å²) in [6, 6.07) is 29.7. The number of aliphatic hydroxyl groups excluding tert-OH is 2. The third kappa shape index (κ3) is 25.2. The maximum Gasteiger partial charge on any atom is 0.227 e. The molecule has 0 aliphatic heterocycles. The Bertz CT molecular complexity index is 4570. The first kappa shape index (κ1) is 79.8. The van der Waals surface area contributed by atoms with Gasteiger partial charge in [0.1, 0.15) is 0 Å². The Balaban J connectivity index is 0.000000192. The molecule has 0 saturated heterocycles. The van der Waals surface area contributed by atoms with Crippen molar-refractivity contribution in [3.63, 3.8) is 0 Å². The predicted octanol–water partition coefficient (Wildman–Crippen LogP) is 14.2. The van der Waals surface area contributed by atoms with Gasteiger partial charge >= 0.3 is 0 Å². The van der Waals surface area contributed by atoms with Gasteiger partial charge in [-0.15, -0.1) is 0 Å². The Kier molecular flexibility index (Phi) is 31.1. The van der Waals surface area contributed by atoms with Crippen molar-refractivity contribution < 1.29 is 49.7 Å². The highest BCUT2D eigenvalue weighted by atomic mass is 79.9. The van der Waals surface area contributed by atoms with Gasteiger partial charge in [0.05, 0.1) is 102 Å². The number of pyridine rings is 3. The Morgan fingerprint density at radius 1 is 0.480 bits per heavy atom. The third-order valence-electron chi connectivity index (χ3n) is 14.7. The minimum atomic E-state index is -3.66. The van der Waals surface area contributed by atoms with E-state index in [2.05, 4.69) is 72.7 Å². The predicted molar refractivity (Wildman–Crippen MR) is 395 cm³/mol. The fourth-order valence-corrected chi connectivity index (χ4v) is 15.6. The summed E-state index contributed by atoms with van der Waals surface area (Å²) in [4.78, 5) is 37.1. The van der Waals surface area contributed by atoms with Crippen LogP contribution in [-0.4, -0.2) is 126 Å². The molecule has 6 heterocycles. The molecule has 0 spiro atoms. The van der Waals surface area contributed by atoms with E-state index in [-0.39, 0.29) is 75.8 Å². The monoisotopic (exact) mass is 1580 g/mol. The first-order valence-corrected chi connectivity index (χ1v) is 38.3. The number of aromatic nitrogens is 9. The van der Waals surface area contributed by atoms with Crippen LogP contribution in [0.3, 0.4) is 0 Å². The highest BCUT2D eigenvalue weighted by Gasteiger charge is 2.24. The molecule has 9 aromatic rings. The summed E-state index contributed by atoms with van der Waals surface area (Å²) in [6.45, 7) is 3.54. The van der Waals surface area contributed by atoms with Gasteiger partial charge in [-0.2, -0.15) is 0 Å². The van der Waals surface area contributed by atoms with E-state index in [9.17, 15) is 30.4 Å². The quantitative estimate of drug-likeness (QED) is 0.0546. The first-order chi connectivity index (χ1) is 47.8. The number of nitrogens with one attached hydrogen (secondary N) is 1. The number of hydrogen-bond donors (Lipinski definition) is 4. The topological polar surface area (TPSA) is 325 Å². The van der Waals surface area contributed by atoms with Crippen molar-refractivity contribution in [2.45, 2.75) is 108 Å². The van der Waals surface area contributed by atoms with E-state index in [1.807, 2.05) is 12.2 Å². The number of methoxy groups -OCH3 is 3. The number of rotatable bonds is 19. The maximum atomic E-state index is 12.8. The summed E-state index contributed by atoms with van der Waals surface area (Å²) in [5.74, 6) is 0.704. The molecule has 31 heteroatoms. The highest BCUT2D eigenvalue weighted by molar-refractivity contribution is 9.10. The van der Waals surface area contributed by atoms with Crippen molar-refractivity contribution in [1.29, 1.82) is 0 Å². The van der Waals surface area contributed by atoms with Crippen LogP contribution in [0.4, 0.5) is 5.95 Å². The third-order valence-corrected chi connectivity index (χ3v) is 22.2. The normalized spacial score (nSPS) is 16.0. The van der Waals surface area contributed by atoms with Crippen molar-refractivity contribution in [1.82, 2.24) is 44.9 Å². The minimum Gasteiger partial charge on any atom is -0.481 e. The van der Waals surface area contributed by atoms with Gasteiger partial charge in [-0.25, -0.2) is 70.1 Å². The summed E-state index contributed by atoms with van der Waals surface area (Å²) in [7, 11) is -6.42. The lowest BCUT2D eigenvalue weighted by molar-refractivity contribution is 0.123. The molecular formula is C69H71BrCl5N11O11S3. The summed E-state index contributed by atoms with van der Waals surface area (Å²) in [5, 5.41) is 22.9. The van der Waals surface area contributed by atoms with Gasteiger partial charge < -0.3 is 35.5 Å². The van der Waals surface area contributed by atoms with E-state index < -0.39 is 29.5 Å². The molecule has 22 nitrogen and oxygen atoms in total. The molecular weight excluding hydrogens is 1510 g/mol. The van der Waals surface area contributed by atoms with Crippen molar-refractivity contribution in [3.8, 4) is 17.6 Å². The second-order valence-corrected chi connectivity index (χ2v) is 30.8. The van der Waals surface area contributed by atoms with Crippen LogP contribution in [0.5, 0.6) is 17.6 Å². The van der Waals surface area contributed by atoms with Crippen molar-refractivity contribution in [2.75, 3.05) is 26.6 Å². The largest absolute Gasteiger partial charge is 0.481 e. The van der Waals surface area contributed by atoms with Crippen molar-refractivity contribution in [2.24, 2.45) is 5.73 Å². The molecule has 528 valence electrons. The number of ether oxygens (including phenoxy) is 3. The zero-order valence-corrected chi connectivity index (χ0v) is 62.0. The van der Waals surface area contributed by atoms with Crippen LogP contribution in [0.15, 0.2) is 172 Å². The molecule has 100 heavy (non-hydrogen) atoms. The van der Waals surface area contributed by atoms with Gasteiger partial charge in [0.2, 0.25) is 34.2 Å². The summed E-state index contributed by atoms with van der Waals surface area (Å²) >= 11 is 32.4. The number of sulfone groups is 3. The number of anilines is 1. The van der Waals surface area contributed by atoms with E-state index in [1.54, 1.807) is 140 Å². The van der Waals surface area contributed by atoms with Crippen LogP contribution >= 0.6 is 73.9 Å². The van der Waals surface area contributed by atoms with Crippen LogP contribution in [0, 0.1) is 0 Å². The molecule has 2 saturated carbocycles. The molecule has 2 fully saturated rings. The van der Waals surface area contributed by atoms with Gasteiger partial charge in [0.25, 0.3) is 0 Å². The molecule has 0 unspecified atom stereocenters. The Morgan fingerprint density at radius 2 is 0.820 bits per heavy atom. The van der Waals surface area contributed by atoms with E-state index in [0.717, 1.165) is 68.1 Å². The average molecular weight is 1580 g/mol. The van der Waals surface area contributed by atoms with Gasteiger partial charge in [0, 0.05) is 77.1 Å². The highest BCUT2D eigenvalue weighted by Crippen LogP contribution is 2.31. The second kappa shape index (κ2) is 39.0. The summed E-state index contributed by atoms with van der Waals surface area (Å²) in [6.07, 6.45) is 25.6. The fraction of sp³-hybridized carbons (Fsp3) is 0.261. The van der Waals surface area contributed by atoms with E-state index >= 15 is 0 Å². The maximum absolute atomic E-state index is 12.8. The lowest BCUT2D eigenvalue weighted by atomic mass is 9.93. The number of nitrogens with two attached hydrogens (primary N) is 1. The van der Waals surface area contributed by atoms with Crippen molar-refractivity contribution in [3.05, 3.63) is 228 Å². The standard InChI is InChI=1S/C25H27ClN4O4S.C19H15Cl2N3O3S.C13H11BrClNO3S.C6H5ClN2.C6H13NO/c1-34-24-18(8-9-20(29-24)16-35(32,33)23-5-3-2-4-22(23)26)7-6-17-14-27-25(28-15-17)30-19-10-12-21(31)13-11-19;1-27-18-14(7-6-13-10-22-19(21)23-11-13)8-9-15(24-18)12-28(25,26)17-5-3-2-4-16(17)20;1-19-13-10(14)7-6-9(16-13)8-20(17,18)12-5-3-2-4-11(12)15;1-2-5-3-8-6(7)9-4-5;7-5-1-3-6(8)4-2-5/h2-9,14-15,19,21,31H,10-13,16H2,1H3,(H,27,28,30);2-11H,12H2,1H3;2-7H,8H2,1H3;2-4H,1H2;5-6,8H,1-4,7H2/b2*7-6+;;;. The zero-order valence-electron chi connectivity index (χ0n) is 54.2. The average Bonchev–Trinajstić information content (AvgIpc) is 0.822. The molecule has 3 aromatic carbocycles. The van der Waals surface area contributed by atoms with Crippen LogP contribution in [0.2, 0.25) is 25.6 Å². The Labute approximate surface area is 615 Å². The molecule has 2 aliphatic rings. The Hall–Kier alpha value is -7.57. The number of nitrogens with zero attached hydrogens (tertiary/aromatic N) is 9. The molecule has 5 N–H and O–H groups in total. The van der Waals surface area contributed by atoms with Crippen LogP contribution in [0.25, 0.3) is 30.4 Å². The minimum absolute atomic E-state index is 0.0604. The molecule has 0 atom stereocenters. The molecule has 0 bridgehead atoms. The Morgan fingerprint density at radius 3 is 1.18 bits per heavy atom.